The quantitative estimate of drug-likeness (QED) is 0.388. The third kappa shape index (κ3) is 4.98. The highest BCUT2D eigenvalue weighted by Gasteiger charge is 2.28. The third-order valence-electron chi connectivity index (χ3n) is 6.40. The smallest absolute Gasteiger partial charge is 0.324 e. The minimum absolute atomic E-state index is 0.0701. The summed E-state index contributed by atoms with van der Waals surface area (Å²) in [6.07, 6.45) is 0.688. The Bertz CT molecular complexity index is 1720. The number of rotatable bonds is 7. The Labute approximate surface area is 214 Å². The zero-order valence-electron chi connectivity index (χ0n) is 21.0. The zero-order chi connectivity index (χ0) is 26.9. The summed E-state index contributed by atoms with van der Waals surface area (Å²) in [6.45, 7) is 3.85. The molecule has 9 nitrogen and oxygen atoms in total. The number of hydrogen-bond acceptors (Lipinski definition) is 5. The van der Waals surface area contributed by atoms with Crippen molar-refractivity contribution in [2.24, 2.45) is 14.1 Å². The minimum Gasteiger partial charge on any atom is -0.324 e. The normalized spacial score (nSPS) is 12.4. The maximum absolute atomic E-state index is 13.5. The molecular formula is C27H28N4O5S. The molecule has 1 heterocycles. The van der Waals surface area contributed by atoms with E-state index in [0.717, 1.165) is 15.7 Å². The van der Waals surface area contributed by atoms with Crippen LogP contribution in [0.4, 0.5) is 5.69 Å². The van der Waals surface area contributed by atoms with Gasteiger partial charge >= 0.3 is 5.69 Å². The number of para-hydroxylation sites is 1. The molecule has 0 unspecified atom stereocenters. The third-order valence-corrected chi connectivity index (χ3v) is 7.83. The van der Waals surface area contributed by atoms with Crippen LogP contribution in [0, 0.1) is 6.92 Å². The lowest BCUT2D eigenvalue weighted by Gasteiger charge is -2.21. The number of hydrogen-bond donors (Lipinski definition) is 2. The van der Waals surface area contributed by atoms with Gasteiger partial charge in [0, 0.05) is 19.8 Å². The van der Waals surface area contributed by atoms with E-state index in [4.69, 9.17) is 0 Å². The summed E-state index contributed by atoms with van der Waals surface area (Å²) in [5, 5.41) is 2.98. The Morgan fingerprint density at radius 1 is 0.946 bits per heavy atom. The number of nitrogens with one attached hydrogen (secondary N) is 2. The molecule has 0 bridgehead atoms. The second-order valence-electron chi connectivity index (χ2n) is 8.80. The van der Waals surface area contributed by atoms with E-state index in [0.29, 0.717) is 23.2 Å². The van der Waals surface area contributed by atoms with Gasteiger partial charge < -0.3 is 5.32 Å². The first-order valence-corrected chi connectivity index (χ1v) is 13.2. The molecule has 0 saturated carbocycles. The van der Waals surface area contributed by atoms with Crippen LogP contribution >= 0.6 is 0 Å². The van der Waals surface area contributed by atoms with Crippen LogP contribution in [0.15, 0.2) is 81.2 Å². The molecule has 4 aromatic rings. The van der Waals surface area contributed by atoms with Crippen LogP contribution in [-0.2, 0) is 35.3 Å². The van der Waals surface area contributed by atoms with Crippen molar-refractivity contribution in [3.8, 4) is 0 Å². The first kappa shape index (κ1) is 26.1. The summed E-state index contributed by atoms with van der Waals surface area (Å²) in [5.74, 6) is -0.544. The lowest BCUT2D eigenvalue weighted by Crippen LogP contribution is -2.38. The van der Waals surface area contributed by atoms with E-state index in [-0.39, 0.29) is 10.3 Å². The van der Waals surface area contributed by atoms with E-state index in [1.54, 1.807) is 30.3 Å². The van der Waals surface area contributed by atoms with Crippen molar-refractivity contribution in [3.05, 3.63) is 104 Å². The predicted octanol–water partition coefficient (Wildman–Crippen LogP) is 2.77. The van der Waals surface area contributed by atoms with Crippen molar-refractivity contribution in [3.63, 3.8) is 0 Å². The number of carbonyl (C=O) groups excluding carboxylic acids is 1. The van der Waals surface area contributed by atoms with Gasteiger partial charge in [0.1, 0.15) is 6.04 Å². The number of anilines is 1. The summed E-state index contributed by atoms with van der Waals surface area (Å²) in [7, 11) is -1.43. The van der Waals surface area contributed by atoms with Crippen LogP contribution in [0.2, 0.25) is 0 Å². The highest BCUT2D eigenvalue weighted by atomic mass is 32.2. The van der Waals surface area contributed by atoms with Crippen LogP contribution < -0.4 is 21.3 Å². The molecule has 1 aromatic heterocycles. The number of benzene rings is 3. The fourth-order valence-corrected chi connectivity index (χ4v) is 5.49. The number of amides is 1. The van der Waals surface area contributed by atoms with Gasteiger partial charge in [0.2, 0.25) is 15.9 Å². The van der Waals surface area contributed by atoms with Crippen molar-refractivity contribution in [1.82, 2.24) is 13.9 Å². The summed E-state index contributed by atoms with van der Waals surface area (Å²) in [4.78, 5) is 38.2. The van der Waals surface area contributed by atoms with Gasteiger partial charge in [-0.05, 0) is 48.2 Å². The van der Waals surface area contributed by atoms with Gasteiger partial charge in [0.25, 0.3) is 5.56 Å². The van der Waals surface area contributed by atoms with Gasteiger partial charge in [0.05, 0.1) is 15.8 Å². The Balaban J connectivity index is 1.76. The molecule has 0 aliphatic rings. The molecule has 0 saturated heterocycles. The number of nitrogens with zero attached hydrogens (tertiary/aromatic N) is 2. The topological polar surface area (TPSA) is 119 Å². The standard InChI is InChI=1S/C27H28N4O5S/c1-5-18-13-9-10-17(2)23(18)28-25(32)24(19-11-7-6-8-12-19)29-37(35,36)20-14-15-22-21(16-20)26(33)31(4)27(34)30(22)3/h6-16,24,29H,5H2,1-4H3,(H,28,32)/t24-/m0/s1. The molecule has 0 aliphatic heterocycles. The molecule has 0 aliphatic carbocycles. The maximum Gasteiger partial charge on any atom is 0.330 e. The first-order chi connectivity index (χ1) is 17.5. The molecule has 4 rings (SSSR count). The lowest BCUT2D eigenvalue weighted by atomic mass is 10.0. The molecule has 1 amide bonds. The highest BCUT2D eigenvalue weighted by molar-refractivity contribution is 7.89. The summed E-state index contributed by atoms with van der Waals surface area (Å²) in [5.41, 5.74) is 2.06. The molecule has 10 heteroatoms. The Kier molecular flexibility index (Phi) is 7.15. The van der Waals surface area contributed by atoms with E-state index >= 15 is 0 Å². The molecule has 0 fully saturated rings. The molecule has 0 radical (unpaired) electrons. The van der Waals surface area contributed by atoms with Crippen LogP contribution in [-0.4, -0.2) is 23.5 Å². The van der Waals surface area contributed by atoms with Crippen LogP contribution in [0.1, 0.15) is 29.7 Å². The number of aryl methyl sites for hydroxylation is 3. The average molecular weight is 521 g/mol. The molecule has 0 spiro atoms. The van der Waals surface area contributed by atoms with Gasteiger partial charge in [-0.1, -0.05) is 55.5 Å². The van der Waals surface area contributed by atoms with Crippen LogP contribution in [0.5, 0.6) is 0 Å². The monoisotopic (exact) mass is 520 g/mol. The number of carbonyl (C=O) groups is 1. The molecule has 3 aromatic carbocycles. The molecule has 2 N–H and O–H groups in total. The molecule has 192 valence electrons. The molecule has 1 atom stereocenters. The Morgan fingerprint density at radius 3 is 2.32 bits per heavy atom. The number of fused-ring (bicyclic) bond motifs is 1. The predicted molar refractivity (Wildman–Crippen MR) is 143 cm³/mol. The Morgan fingerprint density at radius 2 is 1.65 bits per heavy atom. The zero-order valence-corrected chi connectivity index (χ0v) is 21.8. The van der Waals surface area contributed by atoms with Gasteiger partial charge in [-0.15, -0.1) is 0 Å². The van der Waals surface area contributed by atoms with Crippen molar-refractivity contribution >= 4 is 32.5 Å². The summed E-state index contributed by atoms with van der Waals surface area (Å²) < 4.78 is 31.7. The number of sulfonamides is 1. The van der Waals surface area contributed by atoms with E-state index < -0.39 is 33.2 Å². The van der Waals surface area contributed by atoms with Crippen LogP contribution in [0.25, 0.3) is 10.9 Å². The van der Waals surface area contributed by atoms with Gasteiger partial charge in [-0.25, -0.2) is 13.2 Å². The molecule has 37 heavy (non-hydrogen) atoms. The fraction of sp³-hybridized carbons (Fsp3) is 0.222. The van der Waals surface area contributed by atoms with E-state index in [2.05, 4.69) is 10.0 Å². The largest absolute Gasteiger partial charge is 0.330 e. The molecular weight excluding hydrogens is 492 g/mol. The van der Waals surface area contributed by atoms with Crippen molar-refractivity contribution in [2.75, 3.05) is 5.32 Å². The maximum atomic E-state index is 13.5. The van der Waals surface area contributed by atoms with Gasteiger partial charge in [-0.2, -0.15) is 4.72 Å². The minimum atomic E-state index is -4.26. The lowest BCUT2D eigenvalue weighted by molar-refractivity contribution is -0.117. The first-order valence-electron chi connectivity index (χ1n) is 11.7. The SMILES string of the molecule is CCc1cccc(C)c1NC(=O)[C@@H](NS(=O)(=O)c1ccc2c(c1)c(=O)n(C)c(=O)n2C)c1ccccc1. The Hall–Kier alpha value is -4.02. The summed E-state index contributed by atoms with van der Waals surface area (Å²) in [6, 6.07) is 16.9. The summed E-state index contributed by atoms with van der Waals surface area (Å²) >= 11 is 0. The van der Waals surface area contributed by atoms with Crippen molar-refractivity contribution < 1.29 is 13.2 Å². The van der Waals surface area contributed by atoms with Crippen LogP contribution in [0.3, 0.4) is 0 Å². The van der Waals surface area contributed by atoms with E-state index in [9.17, 15) is 22.8 Å². The highest BCUT2D eigenvalue weighted by Crippen LogP contribution is 2.25. The van der Waals surface area contributed by atoms with Crippen molar-refractivity contribution in [1.29, 1.82) is 0 Å². The van der Waals surface area contributed by atoms with E-state index in [1.165, 1.54) is 36.9 Å². The second-order valence-corrected chi connectivity index (χ2v) is 10.5. The van der Waals surface area contributed by atoms with E-state index in [1.807, 2.05) is 32.0 Å². The van der Waals surface area contributed by atoms with Gasteiger partial charge in [-0.3, -0.25) is 18.7 Å². The number of aromatic nitrogens is 2. The van der Waals surface area contributed by atoms with Crippen molar-refractivity contribution in [2.45, 2.75) is 31.2 Å². The second kappa shape index (κ2) is 10.2. The van der Waals surface area contributed by atoms with Gasteiger partial charge in [0.15, 0.2) is 0 Å². The average Bonchev–Trinajstić information content (AvgIpc) is 2.90. The fourth-order valence-electron chi connectivity index (χ4n) is 4.28.